The lowest BCUT2D eigenvalue weighted by molar-refractivity contribution is -0.137. The molecule has 1 saturated carbocycles. The van der Waals surface area contributed by atoms with E-state index in [1.54, 1.807) is 26.0 Å². The molecule has 138 valence electrons. The summed E-state index contributed by atoms with van der Waals surface area (Å²) >= 11 is 0. The van der Waals surface area contributed by atoms with E-state index in [-0.39, 0.29) is 29.1 Å². The number of esters is 1. The number of hydrogen-bond acceptors (Lipinski definition) is 5. The third-order valence-corrected chi connectivity index (χ3v) is 4.58. The van der Waals surface area contributed by atoms with Crippen LogP contribution in [0, 0.1) is 5.92 Å². The second kappa shape index (κ2) is 7.72. The van der Waals surface area contributed by atoms with Crippen molar-refractivity contribution < 1.29 is 18.7 Å². The van der Waals surface area contributed by atoms with Gasteiger partial charge in [0.25, 0.3) is 5.91 Å². The fourth-order valence-electron chi connectivity index (χ4n) is 3.06. The number of ether oxygens (including phenoxy) is 1. The Balaban J connectivity index is 1.82. The highest BCUT2D eigenvalue weighted by molar-refractivity contribution is 5.97. The molecule has 0 unspecified atom stereocenters. The topological polar surface area (TPSA) is 85.6 Å². The van der Waals surface area contributed by atoms with Gasteiger partial charge in [-0.1, -0.05) is 33.1 Å². The number of benzene rings is 1. The maximum absolute atomic E-state index is 12.4. The van der Waals surface area contributed by atoms with Crippen LogP contribution in [0.2, 0.25) is 0 Å². The van der Waals surface area contributed by atoms with E-state index in [0.717, 1.165) is 25.7 Å². The van der Waals surface area contributed by atoms with Crippen LogP contribution in [0.4, 0.5) is 0 Å². The van der Waals surface area contributed by atoms with Gasteiger partial charge in [-0.2, -0.15) is 0 Å². The van der Waals surface area contributed by atoms with Crippen LogP contribution in [-0.4, -0.2) is 17.9 Å². The van der Waals surface area contributed by atoms with Gasteiger partial charge in [-0.3, -0.25) is 9.59 Å². The highest BCUT2D eigenvalue weighted by Gasteiger charge is 2.20. The molecule has 1 N–H and O–H groups in total. The van der Waals surface area contributed by atoms with Crippen LogP contribution in [0.5, 0.6) is 5.75 Å². The molecule has 0 aliphatic heterocycles. The van der Waals surface area contributed by atoms with Crippen molar-refractivity contribution in [2.45, 2.75) is 52.0 Å². The van der Waals surface area contributed by atoms with E-state index in [0.29, 0.717) is 11.1 Å². The van der Waals surface area contributed by atoms with E-state index < -0.39 is 11.5 Å². The first-order valence-electron chi connectivity index (χ1n) is 9.04. The van der Waals surface area contributed by atoms with Gasteiger partial charge in [0, 0.05) is 17.5 Å². The van der Waals surface area contributed by atoms with E-state index in [9.17, 15) is 14.4 Å². The standard InChI is InChI=1S/C20H23NO5/c1-12(2)19(23)25-15-9-8-13-10-16(20(24)26-17(13)11-15)18(22)21-14-6-4-3-5-7-14/h8-12,14H,3-7H2,1-2H3,(H,21,22). The van der Waals surface area contributed by atoms with Crippen LogP contribution >= 0.6 is 0 Å². The van der Waals surface area contributed by atoms with Crippen molar-refractivity contribution in [1.82, 2.24) is 5.32 Å². The van der Waals surface area contributed by atoms with Gasteiger partial charge < -0.3 is 14.5 Å². The summed E-state index contributed by atoms with van der Waals surface area (Å²) in [5, 5.41) is 3.52. The van der Waals surface area contributed by atoms with Gasteiger partial charge in [0.2, 0.25) is 0 Å². The molecule has 0 saturated heterocycles. The molecule has 6 heteroatoms. The Morgan fingerprint density at radius 1 is 1.15 bits per heavy atom. The molecule has 0 spiro atoms. The van der Waals surface area contributed by atoms with Crippen molar-refractivity contribution in [3.05, 3.63) is 40.2 Å². The van der Waals surface area contributed by atoms with Crippen molar-refractivity contribution in [3.63, 3.8) is 0 Å². The van der Waals surface area contributed by atoms with Gasteiger partial charge in [-0.25, -0.2) is 4.79 Å². The predicted molar refractivity (Wildman–Crippen MR) is 97.3 cm³/mol. The second-order valence-corrected chi connectivity index (χ2v) is 7.03. The summed E-state index contributed by atoms with van der Waals surface area (Å²) < 4.78 is 10.5. The molecule has 0 radical (unpaired) electrons. The molecule has 0 atom stereocenters. The lowest BCUT2D eigenvalue weighted by Crippen LogP contribution is -2.38. The minimum Gasteiger partial charge on any atom is -0.426 e. The molecule has 3 rings (SSSR count). The number of rotatable bonds is 4. The maximum Gasteiger partial charge on any atom is 0.349 e. The summed E-state index contributed by atoms with van der Waals surface area (Å²) in [7, 11) is 0. The van der Waals surface area contributed by atoms with Gasteiger partial charge in [0.05, 0.1) is 5.92 Å². The summed E-state index contributed by atoms with van der Waals surface area (Å²) in [6, 6.07) is 6.40. The Kier molecular flexibility index (Phi) is 5.40. The molecule has 6 nitrogen and oxygen atoms in total. The van der Waals surface area contributed by atoms with Crippen LogP contribution in [0.15, 0.2) is 33.5 Å². The third-order valence-electron chi connectivity index (χ3n) is 4.58. The summed E-state index contributed by atoms with van der Waals surface area (Å²) in [5.74, 6) is -0.722. The lowest BCUT2D eigenvalue weighted by atomic mass is 9.95. The molecule has 0 bridgehead atoms. The van der Waals surface area contributed by atoms with E-state index in [1.165, 1.54) is 18.6 Å². The van der Waals surface area contributed by atoms with Crippen LogP contribution in [0.25, 0.3) is 11.0 Å². The number of amides is 1. The van der Waals surface area contributed by atoms with E-state index in [4.69, 9.17) is 9.15 Å². The monoisotopic (exact) mass is 357 g/mol. The fourth-order valence-corrected chi connectivity index (χ4v) is 3.06. The molecular formula is C20H23NO5. The molecule has 1 aromatic carbocycles. The number of fused-ring (bicyclic) bond motifs is 1. The van der Waals surface area contributed by atoms with Crippen molar-refractivity contribution in [3.8, 4) is 5.75 Å². The minimum absolute atomic E-state index is 0.00463. The highest BCUT2D eigenvalue weighted by Crippen LogP contribution is 2.22. The first-order valence-corrected chi connectivity index (χ1v) is 9.04. The maximum atomic E-state index is 12.4. The molecule has 1 aliphatic rings. The second-order valence-electron chi connectivity index (χ2n) is 7.03. The fraction of sp³-hybridized carbons (Fsp3) is 0.450. The van der Waals surface area contributed by atoms with Gasteiger partial charge in [0.1, 0.15) is 16.9 Å². The zero-order valence-corrected chi connectivity index (χ0v) is 15.0. The van der Waals surface area contributed by atoms with E-state index in [2.05, 4.69) is 5.32 Å². The van der Waals surface area contributed by atoms with Gasteiger partial charge in [0.15, 0.2) is 0 Å². The average molecular weight is 357 g/mol. The van der Waals surface area contributed by atoms with E-state index >= 15 is 0 Å². The normalized spacial score (nSPS) is 15.2. The quantitative estimate of drug-likeness (QED) is 0.515. The number of carbonyl (C=O) groups excluding carboxylic acids is 2. The van der Waals surface area contributed by atoms with Crippen LogP contribution in [0.3, 0.4) is 0 Å². The van der Waals surface area contributed by atoms with Crippen molar-refractivity contribution in [2.24, 2.45) is 5.92 Å². The van der Waals surface area contributed by atoms with E-state index in [1.807, 2.05) is 0 Å². The van der Waals surface area contributed by atoms with Gasteiger partial charge in [-0.05, 0) is 31.0 Å². The summed E-state index contributed by atoms with van der Waals surface area (Å²) in [6.07, 6.45) is 5.25. The molecule has 26 heavy (non-hydrogen) atoms. The van der Waals surface area contributed by atoms with Crippen LogP contribution in [-0.2, 0) is 4.79 Å². The van der Waals surface area contributed by atoms with Crippen molar-refractivity contribution >= 4 is 22.8 Å². The number of hydrogen-bond donors (Lipinski definition) is 1. The average Bonchev–Trinajstić information content (AvgIpc) is 2.61. The number of carbonyl (C=O) groups is 2. The van der Waals surface area contributed by atoms with Gasteiger partial charge >= 0.3 is 11.6 Å². The molecule has 1 aliphatic carbocycles. The number of nitrogens with one attached hydrogen (secondary N) is 1. The Morgan fingerprint density at radius 2 is 1.88 bits per heavy atom. The molecular weight excluding hydrogens is 334 g/mol. The molecule has 1 heterocycles. The SMILES string of the molecule is CC(C)C(=O)Oc1ccc2cc(C(=O)NC3CCCCC3)c(=O)oc2c1. The zero-order chi connectivity index (χ0) is 18.7. The lowest BCUT2D eigenvalue weighted by Gasteiger charge is -2.22. The highest BCUT2D eigenvalue weighted by atomic mass is 16.5. The van der Waals surface area contributed by atoms with Crippen molar-refractivity contribution in [2.75, 3.05) is 0 Å². The van der Waals surface area contributed by atoms with Crippen LogP contribution in [0.1, 0.15) is 56.3 Å². The first-order chi connectivity index (χ1) is 12.4. The molecule has 2 aromatic rings. The zero-order valence-electron chi connectivity index (χ0n) is 15.0. The summed E-state index contributed by atoms with van der Waals surface area (Å²) in [6.45, 7) is 3.47. The Morgan fingerprint density at radius 3 is 2.58 bits per heavy atom. The predicted octanol–water partition coefficient (Wildman–Crippen LogP) is 3.42. The Bertz CT molecular complexity index is 877. The third kappa shape index (κ3) is 4.12. The molecule has 1 aromatic heterocycles. The minimum atomic E-state index is -0.696. The Labute approximate surface area is 151 Å². The van der Waals surface area contributed by atoms with Crippen LogP contribution < -0.4 is 15.7 Å². The molecule has 1 fully saturated rings. The first kappa shape index (κ1) is 18.2. The smallest absolute Gasteiger partial charge is 0.349 e. The summed E-state index contributed by atoms with van der Waals surface area (Å²) in [5.41, 5.74) is -0.425. The largest absolute Gasteiger partial charge is 0.426 e. The Hall–Kier alpha value is -2.63. The molecule has 1 amide bonds. The van der Waals surface area contributed by atoms with Crippen molar-refractivity contribution in [1.29, 1.82) is 0 Å². The summed E-state index contributed by atoms with van der Waals surface area (Å²) in [4.78, 5) is 36.3. The van der Waals surface area contributed by atoms with Gasteiger partial charge in [-0.15, -0.1) is 0 Å².